The predicted molar refractivity (Wildman–Crippen MR) is 106 cm³/mol. The molecule has 1 heterocycles. The highest BCUT2D eigenvalue weighted by Crippen LogP contribution is 2.34. The van der Waals surface area contributed by atoms with Crippen LogP contribution in [-0.4, -0.2) is 18.3 Å². The van der Waals surface area contributed by atoms with Gasteiger partial charge < -0.3 is 9.47 Å². The molecule has 0 amide bonds. The SMILES string of the molecule is CCOc1ccc(Cc2cc([C@@H]3[CH][CH][CH][C@@H](SC)O3)ccc2Cl)cc1. The monoisotopic (exact) mass is 373 g/mol. The number of hydrogen-bond donors (Lipinski definition) is 0. The molecule has 3 radical (unpaired) electrons. The molecule has 1 saturated heterocycles. The summed E-state index contributed by atoms with van der Waals surface area (Å²) in [6.45, 7) is 2.66. The van der Waals surface area contributed by atoms with Gasteiger partial charge in [0.25, 0.3) is 0 Å². The zero-order valence-electron chi connectivity index (χ0n) is 14.4. The Bertz CT molecular complexity index is 687. The highest BCUT2D eigenvalue weighted by molar-refractivity contribution is 7.99. The summed E-state index contributed by atoms with van der Waals surface area (Å²) in [6, 6.07) is 14.3. The molecule has 2 aromatic carbocycles. The average Bonchev–Trinajstić information content (AvgIpc) is 2.65. The van der Waals surface area contributed by atoms with Gasteiger partial charge >= 0.3 is 0 Å². The first kappa shape index (κ1) is 18.6. The van der Waals surface area contributed by atoms with E-state index in [1.165, 1.54) is 5.56 Å². The third-order valence-electron chi connectivity index (χ3n) is 4.09. The van der Waals surface area contributed by atoms with E-state index >= 15 is 0 Å². The van der Waals surface area contributed by atoms with Gasteiger partial charge in [0.2, 0.25) is 0 Å². The Balaban J connectivity index is 1.75. The van der Waals surface area contributed by atoms with Crippen LogP contribution in [0, 0.1) is 19.3 Å². The van der Waals surface area contributed by atoms with Crippen molar-refractivity contribution in [3.05, 3.63) is 83.4 Å². The zero-order valence-corrected chi connectivity index (χ0v) is 16.0. The maximum Gasteiger partial charge on any atom is 0.119 e. The van der Waals surface area contributed by atoms with Crippen molar-refractivity contribution in [3.8, 4) is 5.75 Å². The average molecular weight is 374 g/mol. The second-order valence-corrected chi connectivity index (χ2v) is 7.19. The third-order valence-corrected chi connectivity index (χ3v) is 5.20. The van der Waals surface area contributed by atoms with E-state index in [-0.39, 0.29) is 11.5 Å². The lowest BCUT2D eigenvalue weighted by Gasteiger charge is -2.29. The van der Waals surface area contributed by atoms with E-state index in [2.05, 4.69) is 43.7 Å². The fraction of sp³-hybridized carbons (Fsp3) is 0.286. The van der Waals surface area contributed by atoms with Gasteiger partial charge in [0.05, 0.1) is 12.7 Å². The topological polar surface area (TPSA) is 18.5 Å². The van der Waals surface area contributed by atoms with Crippen molar-refractivity contribution in [1.29, 1.82) is 0 Å². The van der Waals surface area contributed by atoms with Crippen LogP contribution in [0.4, 0.5) is 0 Å². The molecule has 2 nitrogen and oxygen atoms in total. The summed E-state index contributed by atoms with van der Waals surface area (Å²) < 4.78 is 11.6. The summed E-state index contributed by atoms with van der Waals surface area (Å²) in [6.07, 6.45) is 9.04. The van der Waals surface area contributed by atoms with Crippen LogP contribution < -0.4 is 4.74 Å². The van der Waals surface area contributed by atoms with Crippen LogP contribution in [0.5, 0.6) is 5.75 Å². The smallest absolute Gasteiger partial charge is 0.119 e. The molecule has 3 rings (SSSR count). The van der Waals surface area contributed by atoms with Gasteiger partial charge in [-0.2, -0.15) is 0 Å². The van der Waals surface area contributed by atoms with Crippen LogP contribution in [0.2, 0.25) is 5.02 Å². The van der Waals surface area contributed by atoms with Crippen LogP contribution in [0.1, 0.15) is 29.7 Å². The van der Waals surface area contributed by atoms with Crippen molar-refractivity contribution in [1.82, 2.24) is 0 Å². The van der Waals surface area contributed by atoms with Gasteiger partial charge in [-0.3, -0.25) is 0 Å². The summed E-state index contributed by atoms with van der Waals surface area (Å²) in [5, 5.41) is 0.783. The first-order valence-corrected chi connectivity index (χ1v) is 10.1. The van der Waals surface area contributed by atoms with E-state index in [1.807, 2.05) is 31.2 Å². The molecule has 1 aliphatic heterocycles. The highest BCUT2D eigenvalue weighted by Gasteiger charge is 2.24. The fourth-order valence-corrected chi connectivity index (χ4v) is 3.48. The molecular formula is C21H22ClO2S. The Morgan fingerprint density at radius 3 is 2.64 bits per heavy atom. The molecule has 0 N–H and O–H groups in total. The van der Waals surface area contributed by atoms with Crippen LogP contribution in [0.3, 0.4) is 0 Å². The number of ether oxygens (including phenoxy) is 2. The van der Waals surface area contributed by atoms with Gasteiger partial charge in [-0.25, -0.2) is 0 Å². The van der Waals surface area contributed by atoms with Crippen molar-refractivity contribution in [2.24, 2.45) is 0 Å². The normalized spacial score (nSPS) is 20.4. The largest absolute Gasteiger partial charge is 0.494 e. The second-order valence-electron chi connectivity index (χ2n) is 5.84. The minimum absolute atomic E-state index is 0.0289. The number of thioether (sulfide) groups is 1. The maximum absolute atomic E-state index is 6.43. The van der Waals surface area contributed by atoms with Gasteiger partial charge in [-0.15, -0.1) is 11.8 Å². The molecule has 0 bridgehead atoms. The molecule has 0 saturated carbocycles. The summed E-state index contributed by atoms with van der Waals surface area (Å²) in [5.74, 6) is 0.895. The molecule has 0 aromatic heterocycles. The minimum Gasteiger partial charge on any atom is -0.494 e. The number of hydrogen-bond acceptors (Lipinski definition) is 3. The van der Waals surface area contributed by atoms with E-state index in [9.17, 15) is 0 Å². The van der Waals surface area contributed by atoms with Crippen molar-refractivity contribution in [2.75, 3.05) is 12.9 Å². The van der Waals surface area contributed by atoms with Gasteiger partial charge in [0.1, 0.15) is 11.2 Å². The third kappa shape index (κ3) is 4.93. The molecule has 2 aromatic rings. The summed E-state index contributed by atoms with van der Waals surface area (Å²) in [5.41, 5.74) is 3.54. The first-order chi connectivity index (χ1) is 12.2. The number of benzene rings is 2. The Morgan fingerprint density at radius 2 is 1.92 bits per heavy atom. The Hall–Kier alpha value is -1.16. The number of halogens is 1. The standard InChI is InChI=1S/C21H22ClO2S/c1-3-23-18-10-7-15(8-11-18)13-17-14-16(9-12-19(17)22)20-5-4-6-21(24-20)25-2/h4-12,14,20-21H,3,13H2,1-2H3/t20-,21+/m0/s1. The molecule has 25 heavy (non-hydrogen) atoms. The Morgan fingerprint density at radius 1 is 1.12 bits per heavy atom. The van der Waals surface area contributed by atoms with E-state index in [1.54, 1.807) is 11.8 Å². The van der Waals surface area contributed by atoms with Crippen molar-refractivity contribution in [2.45, 2.75) is 24.9 Å². The van der Waals surface area contributed by atoms with Gasteiger partial charge in [0, 0.05) is 11.4 Å². The molecular weight excluding hydrogens is 352 g/mol. The first-order valence-electron chi connectivity index (χ1n) is 8.39. The lowest BCUT2D eigenvalue weighted by molar-refractivity contribution is 0.0620. The van der Waals surface area contributed by atoms with Crippen molar-refractivity contribution < 1.29 is 9.47 Å². The van der Waals surface area contributed by atoms with Crippen LogP contribution >= 0.6 is 23.4 Å². The molecule has 4 heteroatoms. The molecule has 0 spiro atoms. The summed E-state index contributed by atoms with van der Waals surface area (Å²) >= 11 is 8.12. The molecule has 2 atom stereocenters. The maximum atomic E-state index is 6.43. The van der Waals surface area contributed by atoms with E-state index in [4.69, 9.17) is 21.1 Å². The van der Waals surface area contributed by atoms with Gasteiger partial charge in [-0.1, -0.05) is 35.9 Å². The quantitative estimate of drug-likeness (QED) is 0.646. The molecule has 0 unspecified atom stereocenters. The van der Waals surface area contributed by atoms with Crippen molar-refractivity contribution >= 4 is 23.4 Å². The molecule has 1 fully saturated rings. The van der Waals surface area contributed by atoms with E-state index in [0.717, 1.165) is 28.3 Å². The molecule has 131 valence electrons. The van der Waals surface area contributed by atoms with Gasteiger partial charge in [-0.05, 0) is 67.3 Å². The predicted octanol–water partition coefficient (Wildman–Crippen LogP) is 5.70. The molecule has 1 aliphatic rings. The van der Waals surface area contributed by atoms with Crippen LogP contribution in [-0.2, 0) is 11.2 Å². The molecule has 0 aliphatic carbocycles. The van der Waals surface area contributed by atoms with Crippen LogP contribution in [0.15, 0.2) is 42.5 Å². The zero-order chi connectivity index (χ0) is 17.6. The summed E-state index contributed by atoms with van der Waals surface area (Å²) in [4.78, 5) is 0. The van der Waals surface area contributed by atoms with Gasteiger partial charge in [0.15, 0.2) is 0 Å². The van der Waals surface area contributed by atoms with Crippen molar-refractivity contribution in [3.63, 3.8) is 0 Å². The highest BCUT2D eigenvalue weighted by atomic mass is 35.5. The summed E-state index contributed by atoms with van der Waals surface area (Å²) in [7, 11) is 0. The Kier molecular flexibility index (Phi) is 6.69. The fourth-order valence-electron chi connectivity index (χ4n) is 2.81. The second kappa shape index (κ2) is 8.98. The lowest BCUT2D eigenvalue weighted by atomic mass is 9.97. The Labute approximate surface area is 159 Å². The van der Waals surface area contributed by atoms with Crippen LogP contribution in [0.25, 0.3) is 0 Å². The number of rotatable bonds is 6. The minimum atomic E-state index is -0.0289. The van der Waals surface area contributed by atoms with E-state index in [0.29, 0.717) is 6.61 Å². The van der Waals surface area contributed by atoms with E-state index < -0.39 is 0 Å². The lowest BCUT2D eigenvalue weighted by Crippen LogP contribution is -2.21.